The van der Waals surface area contributed by atoms with Gasteiger partial charge in [0.05, 0.1) is 25.3 Å². The Morgan fingerprint density at radius 3 is 1.69 bits per heavy atom. The van der Waals surface area contributed by atoms with Gasteiger partial charge in [-0.1, -0.05) is 102 Å². The Morgan fingerprint density at radius 1 is 0.571 bits per heavy atom. The number of aliphatic carboxylic acids is 3. The molecular formula is C53H68F3N7O14. The lowest BCUT2D eigenvalue weighted by atomic mass is 9.85. The first-order valence-corrected chi connectivity index (χ1v) is 24.8. The van der Waals surface area contributed by atoms with E-state index in [2.05, 4.69) is 31.9 Å². The quantitative estimate of drug-likeness (QED) is 0.0444. The number of ketones is 1. The summed E-state index contributed by atoms with van der Waals surface area (Å²) in [5, 5.41) is 45.9. The predicted molar refractivity (Wildman–Crippen MR) is 272 cm³/mol. The third-order valence-corrected chi connectivity index (χ3v) is 12.1. The Kier molecular flexibility index (Phi) is 23.7. The number of hydrogen-bond acceptors (Lipinski definition) is 11. The highest BCUT2D eigenvalue weighted by Gasteiger charge is 2.42. The fraction of sp³-hybridized carbons (Fsp3) is 0.491. The summed E-state index contributed by atoms with van der Waals surface area (Å²) in [5.74, 6) is -14.6. The Balaban J connectivity index is 1.94. The fourth-order valence-electron chi connectivity index (χ4n) is 8.04. The van der Waals surface area contributed by atoms with Crippen molar-refractivity contribution in [3.8, 4) is 0 Å². The van der Waals surface area contributed by atoms with Crippen molar-refractivity contribution in [1.29, 1.82) is 0 Å². The second kappa shape index (κ2) is 28.8. The molecule has 0 heterocycles. The van der Waals surface area contributed by atoms with Gasteiger partial charge in [-0.3, -0.25) is 52.7 Å². The number of alkyl halides is 3. The second-order valence-electron chi connectivity index (χ2n) is 20.1. The molecule has 0 aliphatic heterocycles. The lowest BCUT2D eigenvalue weighted by molar-refractivity contribution is -0.154. The lowest BCUT2D eigenvalue weighted by Crippen LogP contribution is -2.62. The summed E-state index contributed by atoms with van der Waals surface area (Å²) < 4.78 is 42.2. The predicted octanol–water partition coefficient (Wildman–Crippen LogP) is 3.69. The molecule has 21 nitrogen and oxygen atoms in total. The van der Waals surface area contributed by atoms with Gasteiger partial charge in [0, 0.05) is 19.3 Å². The molecule has 3 aromatic rings. The molecule has 0 unspecified atom stereocenters. The second-order valence-corrected chi connectivity index (χ2v) is 20.1. The van der Waals surface area contributed by atoms with Gasteiger partial charge in [0.1, 0.15) is 36.3 Å². The number of fused-ring (bicyclic) bond motifs is 1. The minimum Gasteiger partial charge on any atom is -0.481 e. The standard InChI is InChI=1S/C53H68F3N7O14/c1-8-34(33-18-17-30-14-11-12-16-32(30)24-33)58-50(76)44(71)39(27-53(54,55)56)62-47(73)36(23-28(2)3)61-51(77)45(52(5,6)7)63-49(75)37(25-31-15-10-9-13-29(31)4)60-46(72)35(19-21-41(65)66)59-48(74)38(26-43(69)70)57-40(64)20-22-42(67)68/h9-18,24,28,34-39,45H,8,19-23,25-27H2,1-7H3,(H,57,64)(H,58,76)(H,59,74)(H,60,72)(H,61,77)(H,62,73)(H,63,75)(H,65,66)(H,67,68)(H,69,70)/t34-,35-,36-,37-,38-,39-,45+/m0/s1. The van der Waals surface area contributed by atoms with E-state index in [1.807, 2.05) is 23.5 Å². The van der Waals surface area contributed by atoms with Gasteiger partial charge < -0.3 is 52.5 Å². The van der Waals surface area contributed by atoms with Gasteiger partial charge in [-0.05, 0) is 71.0 Å². The number of carboxylic acids is 3. The summed E-state index contributed by atoms with van der Waals surface area (Å²) in [7, 11) is 0. The first-order chi connectivity index (χ1) is 35.9. The molecule has 0 aliphatic rings. The van der Waals surface area contributed by atoms with E-state index in [0.29, 0.717) is 16.7 Å². The Labute approximate surface area is 442 Å². The highest BCUT2D eigenvalue weighted by atomic mass is 19.4. The number of benzene rings is 3. The molecule has 0 aliphatic carbocycles. The van der Waals surface area contributed by atoms with Crippen molar-refractivity contribution < 1.29 is 81.2 Å². The number of halogens is 3. The van der Waals surface area contributed by atoms with Gasteiger partial charge in [-0.2, -0.15) is 13.2 Å². The van der Waals surface area contributed by atoms with Gasteiger partial charge >= 0.3 is 24.1 Å². The van der Waals surface area contributed by atoms with Crippen LogP contribution in [0.25, 0.3) is 10.8 Å². The van der Waals surface area contributed by atoms with Crippen LogP contribution in [0, 0.1) is 18.3 Å². The molecule has 77 heavy (non-hydrogen) atoms. The number of carboxylic acid groups (broad SMARTS) is 3. The van der Waals surface area contributed by atoms with Crippen LogP contribution >= 0.6 is 0 Å². The number of nitrogens with one attached hydrogen (secondary N) is 7. The van der Waals surface area contributed by atoms with Crippen molar-refractivity contribution in [2.45, 2.75) is 155 Å². The summed E-state index contributed by atoms with van der Waals surface area (Å²) in [6.07, 6.45) is -11.0. The molecule has 0 bridgehead atoms. The zero-order valence-corrected chi connectivity index (χ0v) is 43.8. The molecule has 0 spiro atoms. The van der Waals surface area contributed by atoms with Crippen molar-refractivity contribution in [2.75, 3.05) is 0 Å². The van der Waals surface area contributed by atoms with Crippen LogP contribution in [0.2, 0.25) is 0 Å². The van der Waals surface area contributed by atoms with Gasteiger partial charge in [-0.25, -0.2) is 0 Å². The Hall–Kier alpha value is -7.92. The third kappa shape index (κ3) is 21.3. The lowest BCUT2D eigenvalue weighted by Gasteiger charge is -2.34. The van der Waals surface area contributed by atoms with Crippen LogP contribution < -0.4 is 37.2 Å². The molecule has 420 valence electrons. The largest absolute Gasteiger partial charge is 0.481 e. The SMILES string of the molecule is CC[C@H](NC(=O)C(=O)[C@H](CC(F)(F)F)NC(=O)[C@H](CC(C)C)NC(=O)[C@@H](NC(=O)[C@H](Cc1ccccc1C)NC(=O)[C@H](CCC(=O)O)NC(=O)[C@H](CC(=O)O)NC(=O)CCC(=O)O)C(C)(C)C)c1ccc2ccccc2c1. The summed E-state index contributed by atoms with van der Waals surface area (Å²) in [6.45, 7) is 11.2. The molecular weight excluding hydrogens is 1020 g/mol. The molecule has 7 amide bonds. The molecule has 0 saturated carbocycles. The molecule has 7 atom stereocenters. The van der Waals surface area contributed by atoms with E-state index in [9.17, 15) is 76.1 Å². The summed E-state index contributed by atoms with van der Waals surface area (Å²) in [6, 6.07) is 7.42. The molecule has 24 heteroatoms. The Bertz CT molecular complexity index is 2660. The third-order valence-electron chi connectivity index (χ3n) is 12.1. The van der Waals surface area contributed by atoms with E-state index in [4.69, 9.17) is 5.11 Å². The van der Waals surface area contributed by atoms with E-state index < -0.39 is 163 Å². The average Bonchev–Trinajstić information content (AvgIpc) is 3.33. The first kappa shape index (κ1) is 63.4. The van der Waals surface area contributed by atoms with Crippen LogP contribution in [0.1, 0.15) is 116 Å². The van der Waals surface area contributed by atoms with Crippen LogP contribution in [-0.2, 0) is 59.2 Å². The van der Waals surface area contributed by atoms with Gasteiger partial charge in [0.15, 0.2) is 0 Å². The molecule has 0 fully saturated rings. The number of aryl methyl sites for hydroxylation is 1. The fourth-order valence-corrected chi connectivity index (χ4v) is 8.04. The highest BCUT2D eigenvalue weighted by molar-refractivity contribution is 6.38. The van der Waals surface area contributed by atoms with Crippen LogP contribution in [0.5, 0.6) is 0 Å². The number of carbonyl (C=O) groups is 11. The number of carbonyl (C=O) groups excluding carboxylic acids is 8. The molecule has 0 saturated heterocycles. The van der Waals surface area contributed by atoms with Crippen molar-refractivity contribution in [2.24, 2.45) is 11.3 Å². The van der Waals surface area contributed by atoms with Crippen LogP contribution in [0.3, 0.4) is 0 Å². The topological polar surface area (TPSA) is 333 Å². The van der Waals surface area contributed by atoms with Gasteiger partial charge in [0.25, 0.3) is 5.91 Å². The summed E-state index contributed by atoms with van der Waals surface area (Å²) in [4.78, 5) is 144. The Morgan fingerprint density at radius 2 is 1.12 bits per heavy atom. The minimum absolute atomic E-state index is 0.212. The molecule has 10 N–H and O–H groups in total. The van der Waals surface area contributed by atoms with Crippen LogP contribution in [-0.4, -0.2) is 123 Å². The van der Waals surface area contributed by atoms with Crippen LogP contribution in [0.15, 0.2) is 66.7 Å². The van der Waals surface area contributed by atoms with Crippen molar-refractivity contribution in [1.82, 2.24) is 37.2 Å². The zero-order valence-electron chi connectivity index (χ0n) is 43.8. The number of rotatable bonds is 29. The van der Waals surface area contributed by atoms with Gasteiger partial charge in [0.2, 0.25) is 41.2 Å². The van der Waals surface area contributed by atoms with E-state index in [1.165, 1.54) is 20.8 Å². The van der Waals surface area contributed by atoms with Crippen LogP contribution in [0.4, 0.5) is 13.2 Å². The molecule has 3 aromatic carbocycles. The van der Waals surface area contributed by atoms with E-state index >= 15 is 0 Å². The summed E-state index contributed by atoms with van der Waals surface area (Å²) in [5.41, 5.74) is 0.468. The molecule has 3 rings (SSSR count). The monoisotopic (exact) mass is 1080 g/mol. The number of Topliss-reactive ketones (excluding diaryl/α,β-unsaturated/α-hetero) is 1. The first-order valence-electron chi connectivity index (χ1n) is 24.8. The molecule has 0 aromatic heterocycles. The van der Waals surface area contributed by atoms with Crippen molar-refractivity contribution in [3.63, 3.8) is 0 Å². The zero-order chi connectivity index (χ0) is 57.9. The van der Waals surface area contributed by atoms with Crippen molar-refractivity contribution in [3.05, 3.63) is 83.4 Å². The highest BCUT2D eigenvalue weighted by Crippen LogP contribution is 2.26. The van der Waals surface area contributed by atoms with Crippen molar-refractivity contribution >= 4 is 75.8 Å². The maximum absolute atomic E-state index is 14.5. The maximum Gasteiger partial charge on any atom is 0.391 e. The van der Waals surface area contributed by atoms with Gasteiger partial charge in [-0.15, -0.1) is 0 Å². The smallest absolute Gasteiger partial charge is 0.391 e. The van der Waals surface area contributed by atoms with E-state index in [1.54, 1.807) is 76.2 Å². The van der Waals surface area contributed by atoms with E-state index in [0.717, 1.165) is 10.8 Å². The maximum atomic E-state index is 14.5. The average molecular weight is 1080 g/mol. The number of amides is 7. The molecule has 0 radical (unpaired) electrons. The summed E-state index contributed by atoms with van der Waals surface area (Å²) >= 11 is 0. The number of hydrogen-bond donors (Lipinski definition) is 10. The minimum atomic E-state index is -5.06. The van der Waals surface area contributed by atoms with E-state index in [-0.39, 0.29) is 19.3 Å². The normalized spacial score (nSPS) is 14.3.